The van der Waals surface area contributed by atoms with Crippen LogP contribution in [0, 0.1) is 10.1 Å². The number of esters is 2. The van der Waals surface area contributed by atoms with Crippen molar-refractivity contribution in [1.29, 1.82) is 0 Å². The molecule has 0 bridgehead atoms. The van der Waals surface area contributed by atoms with Crippen LogP contribution in [0.15, 0.2) is 89.3 Å². The number of nitrogens with zero attached hydrogens (tertiary/aromatic N) is 1. The van der Waals surface area contributed by atoms with E-state index < -0.39 is 16.9 Å². The van der Waals surface area contributed by atoms with E-state index in [0.29, 0.717) is 33.1 Å². The van der Waals surface area contributed by atoms with E-state index in [0.717, 1.165) is 0 Å². The second-order valence-corrected chi connectivity index (χ2v) is 7.88. The van der Waals surface area contributed by atoms with Gasteiger partial charge in [0.05, 0.1) is 17.1 Å². The van der Waals surface area contributed by atoms with Crippen molar-refractivity contribution in [2.45, 2.75) is 6.92 Å². The van der Waals surface area contributed by atoms with Crippen molar-refractivity contribution in [1.82, 2.24) is 0 Å². The van der Waals surface area contributed by atoms with E-state index in [1.165, 1.54) is 24.3 Å². The SMILES string of the molecule is CCOC(=O)c1c(-c2ccccc2)oc2c1cc(OC(=O)c1ccc([N+](=O)[O-])cc1)c1ccccc12. The van der Waals surface area contributed by atoms with Crippen molar-refractivity contribution in [3.8, 4) is 17.1 Å². The maximum absolute atomic E-state index is 13.0. The number of carbonyl (C=O) groups is 2. The highest BCUT2D eigenvalue weighted by molar-refractivity contribution is 6.17. The van der Waals surface area contributed by atoms with Gasteiger partial charge in [-0.25, -0.2) is 9.59 Å². The number of ether oxygens (including phenoxy) is 2. The molecule has 0 radical (unpaired) electrons. The molecule has 0 N–H and O–H groups in total. The number of fused-ring (bicyclic) bond motifs is 3. The summed E-state index contributed by atoms with van der Waals surface area (Å²) in [6.07, 6.45) is 0. The Morgan fingerprint density at radius 3 is 2.19 bits per heavy atom. The van der Waals surface area contributed by atoms with Crippen molar-refractivity contribution in [3.63, 3.8) is 0 Å². The highest BCUT2D eigenvalue weighted by Crippen LogP contribution is 2.41. The number of rotatable bonds is 6. The number of non-ortho nitro benzene ring substituents is 1. The maximum Gasteiger partial charge on any atom is 0.343 e. The fourth-order valence-corrected chi connectivity index (χ4v) is 4.05. The van der Waals surface area contributed by atoms with Crippen molar-refractivity contribution in [2.24, 2.45) is 0 Å². The number of hydrogen-bond acceptors (Lipinski definition) is 7. The van der Waals surface area contributed by atoms with E-state index in [1.807, 2.05) is 42.5 Å². The van der Waals surface area contributed by atoms with Crippen LogP contribution in [0.4, 0.5) is 5.69 Å². The molecule has 1 heterocycles. The first-order chi connectivity index (χ1) is 17.5. The number of hydrogen-bond donors (Lipinski definition) is 0. The monoisotopic (exact) mass is 481 g/mol. The summed E-state index contributed by atoms with van der Waals surface area (Å²) in [6, 6.07) is 23.1. The molecule has 178 valence electrons. The van der Waals surface area contributed by atoms with Crippen molar-refractivity contribution in [2.75, 3.05) is 6.61 Å². The van der Waals surface area contributed by atoms with Gasteiger partial charge in [0.15, 0.2) is 0 Å². The minimum Gasteiger partial charge on any atom is -0.462 e. The minimum atomic E-state index is -0.695. The molecule has 8 heteroatoms. The van der Waals surface area contributed by atoms with Crippen molar-refractivity contribution in [3.05, 3.63) is 106 Å². The topological polar surface area (TPSA) is 109 Å². The summed E-state index contributed by atoms with van der Waals surface area (Å²) < 4.78 is 17.3. The number of benzene rings is 4. The third-order valence-corrected chi connectivity index (χ3v) is 5.69. The molecular weight excluding hydrogens is 462 g/mol. The molecule has 0 fully saturated rings. The van der Waals surface area contributed by atoms with Crippen LogP contribution in [0.5, 0.6) is 5.75 Å². The Labute approximate surface area is 204 Å². The molecular formula is C28H19NO7. The molecule has 1 aromatic heterocycles. The van der Waals surface area contributed by atoms with Gasteiger partial charge in [0.2, 0.25) is 0 Å². The van der Waals surface area contributed by atoms with Crippen LogP contribution < -0.4 is 4.74 Å². The van der Waals surface area contributed by atoms with Crippen LogP contribution in [-0.2, 0) is 4.74 Å². The average Bonchev–Trinajstić information content (AvgIpc) is 3.29. The molecule has 0 saturated heterocycles. The maximum atomic E-state index is 13.0. The highest BCUT2D eigenvalue weighted by Gasteiger charge is 2.26. The normalized spacial score (nSPS) is 10.9. The molecule has 0 aliphatic heterocycles. The second-order valence-electron chi connectivity index (χ2n) is 7.88. The number of carbonyl (C=O) groups excluding carboxylic acids is 2. The first kappa shape index (κ1) is 22.8. The quantitative estimate of drug-likeness (QED) is 0.117. The Bertz CT molecular complexity index is 1620. The molecule has 0 atom stereocenters. The third kappa shape index (κ3) is 4.05. The van der Waals surface area contributed by atoms with E-state index >= 15 is 0 Å². The molecule has 8 nitrogen and oxygen atoms in total. The highest BCUT2D eigenvalue weighted by atomic mass is 16.6. The molecule has 0 spiro atoms. The van der Waals surface area contributed by atoms with Crippen LogP contribution in [0.25, 0.3) is 33.1 Å². The summed E-state index contributed by atoms with van der Waals surface area (Å²) >= 11 is 0. The van der Waals surface area contributed by atoms with Gasteiger partial charge >= 0.3 is 11.9 Å². The van der Waals surface area contributed by atoms with Crippen molar-refractivity contribution < 1.29 is 28.4 Å². The smallest absolute Gasteiger partial charge is 0.343 e. The molecule has 36 heavy (non-hydrogen) atoms. The molecule has 0 saturated carbocycles. The molecule has 4 aromatic carbocycles. The first-order valence-corrected chi connectivity index (χ1v) is 11.2. The summed E-state index contributed by atoms with van der Waals surface area (Å²) in [4.78, 5) is 36.3. The second kappa shape index (κ2) is 9.34. The van der Waals surface area contributed by atoms with Gasteiger partial charge in [-0.05, 0) is 25.1 Å². The van der Waals surface area contributed by atoms with Crippen LogP contribution in [0.1, 0.15) is 27.6 Å². The van der Waals surface area contributed by atoms with Gasteiger partial charge in [-0.1, -0.05) is 54.6 Å². The lowest BCUT2D eigenvalue weighted by atomic mass is 10.0. The largest absolute Gasteiger partial charge is 0.462 e. The minimum absolute atomic E-state index is 0.135. The predicted molar refractivity (Wildman–Crippen MR) is 133 cm³/mol. The Morgan fingerprint density at radius 1 is 0.861 bits per heavy atom. The Hall–Kier alpha value is -4.98. The first-order valence-electron chi connectivity index (χ1n) is 11.2. The lowest BCUT2D eigenvalue weighted by Crippen LogP contribution is -2.09. The lowest BCUT2D eigenvalue weighted by molar-refractivity contribution is -0.384. The zero-order valence-electron chi connectivity index (χ0n) is 19.1. The molecule has 0 amide bonds. The Kier molecular flexibility index (Phi) is 5.92. The molecule has 0 aliphatic carbocycles. The summed E-state index contributed by atoms with van der Waals surface area (Å²) in [6.45, 7) is 1.89. The average molecular weight is 481 g/mol. The van der Waals surface area contributed by atoms with E-state index in [1.54, 1.807) is 25.1 Å². The number of nitro benzene ring substituents is 1. The molecule has 5 rings (SSSR count). The van der Waals surface area contributed by atoms with Gasteiger partial charge in [0.1, 0.15) is 22.7 Å². The number of nitro groups is 1. The molecule has 5 aromatic rings. The predicted octanol–water partition coefficient (Wildman–Crippen LogP) is 6.56. The van der Waals surface area contributed by atoms with Gasteiger partial charge in [-0.3, -0.25) is 10.1 Å². The van der Waals surface area contributed by atoms with E-state index in [4.69, 9.17) is 13.9 Å². The fourth-order valence-electron chi connectivity index (χ4n) is 4.05. The summed E-state index contributed by atoms with van der Waals surface area (Å²) in [7, 11) is 0. The lowest BCUT2D eigenvalue weighted by Gasteiger charge is -2.09. The molecule has 0 aliphatic rings. The zero-order chi connectivity index (χ0) is 25.2. The Balaban J connectivity index is 1.68. The summed E-state index contributed by atoms with van der Waals surface area (Å²) in [5, 5.41) is 12.6. The summed E-state index contributed by atoms with van der Waals surface area (Å²) in [5.74, 6) is -0.683. The van der Waals surface area contributed by atoms with Crippen LogP contribution in [0.2, 0.25) is 0 Å². The van der Waals surface area contributed by atoms with Gasteiger partial charge in [0, 0.05) is 33.9 Å². The van der Waals surface area contributed by atoms with Gasteiger partial charge < -0.3 is 13.9 Å². The zero-order valence-corrected chi connectivity index (χ0v) is 19.1. The van der Waals surface area contributed by atoms with E-state index in [-0.39, 0.29) is 29.2 Å². The standard InChI is InChI=1S/C28H19NO7/c1-2-34-28(31)24-22-16-23(35-27(30)18-12-14-19(15-13-18)29(32)33)20-10-6-7-11-21(20)26(22)36-25(24)17-8-4-3-5-9-17/h3-16H,2H2,1H3. The summed E-state index contributed by atoms with van der Waals surface area (Å²) in [5.41, 5.74) is 1.40. The van der Waals surface area contributed by atoms with E-state index in [9.17, 15) is 19.7 Å². The third-order valence-electron chi connectivity index (χ3n) is 5.69. The van der Waals surface area contributed by atoms with Crippen LogP contribution >= 0.6 is 0 Å². The van der Waals surface area contributed by atoms with Gasteiger partial charge in [-0.15, -0.1) is 0 Å². The van der Waals surface area contributed by atoms with E-state index in [2.05, 4.69) is 0 Å². The van der Waals surface area contributed by atoms with Gasteiger partial charge in [-0.2, -0.15) is 0 Å². The van der Waals surface area contributed by atoms with Crippen LogP contribution in [-0.4, -0.2) is 23.5 Å². The van der Waals surface area contributed by atoms with Gasteiger partial charge in [0.25, 0.3) is 5.69 Å². The van der Waals surface area contributed by atoms with Crippen molar-refractivity contribution >= 4 is 39.4 Å². The van der Waals surface area contributed by atoms with Crippen LogP contribution in [0.3, 0.4) is 0 Å². The number of furan rings is 1. The molecule has 0 unspecified atom stereocenters. The fraction of sp³-hybridized carbons (Fsp3) is 0.0714. The Morgan fingerprint density at radius 2 is 1.53 bits per heavy atom.